The Hall–Kier alpha value is -1.88. The third-order valence-electron chi connectivity index (χ3n) is 4.83. The van der Waals surface area contributed by atoms with E-state index in [9.17, 15) is 4.79 Å². The summed E-state index contributed by atoms with van der Waals surface area (Å²) in [4.78, 5) is 17.1. The Labute approximate surface area is 123 Å². The molecule has 0 radical (unpaired) electrons. The Morgan fingerprint density at radius 3 is 2.86 bits per heavy atom. The maximum Gasteiger partial charge on any atom is 0.224 e. The fourth-order valence-electron chi connectivity index (χ4n) is 3.50. The zero-order chi connectivity index (χ0) is 14.6. The average molecular weight is 284 g/mol. The number of fused-ring (bicyclic) bond motifs is 2. The van der Waals surface area contributed by atoms with Gasteiger partial charge in [-0.3, -0.25) is 4.79 Å². The standard InChI is InChI=1S/C16H20N4O/c1-16(2,12-9-20-6-4-3-5-13(20)18-12)19-15(21)14-10-7-17-8-11(10)14/h3-6,9-11,14,17H,7-8H2,1-2H3,(H,19,21)/t10-,11+,14?. The molecule has 0 spiro atoms. The Balaban J connectivity index is 1.54. The molecule has 4 rings (SSSR count). The van der Waals surface area contributed by atoms with Gasteiger partial charge in [-0.05, 0) is 50.9 Å². The van der Waals surface area contributed by atoms with Crippen molar-refractivity contribution in [2.75, 3.05) is 13.1 Å². The van der Waals surface area contributed by atoms with Crippen LogP contribution in [0.25, 0.3) is 5.65 Å². The second kappa shape index (κ2) is 4.31. The predicted molar refractivity (Wildman–Crippen MR) is 79.7 cm³/mol. The van der Waals surface area contributed by atoms with Crippen LogP contribution in [0, 0.1) is 17.8 Å². The van der Waals surface area contributed by atoms with Crippen molar-refractivity contribution in [3.8, 4) is 0 Å². The number of hydrogen-bond donors (Lipinski definition) is 2. The van der Waals surface area contributed by atoms with Crippen molar-refractivity contribution in [1.29, 1.82) is 0 Å². The normalized spacial score (nSPS) is 27.6. The van der Waals surface area contributed by atoms with Gasteiger partial charge in [0.2, 0.25) is 5.91 Å². The molecule has 1 saturated heterocycles. The zero-order valence-corrected chi connectivity index (χ0v) is 12.3. The molecule has 2 aromatic heterocycles. The Morgan fingerprint density at radius 1 is 1.38 bits per heavy atom. The summed E-state index contributed by atoms with van der Waals surface area (Å²) in [5, 5.41) is 6.50. The van der Waals surface area contributed by atoms with Crippen LogP contribution >= 0.6 is 0 Å². The molecule has 1 saturated carbocycles. The van der Waals surface area contributed by atoms with Crippen molar-refractivity contribution in [2.45, 2.75) is 19.4 Å². The molecular formula is C16H20N4O. The van der Waals surface area contributed by atoms with Crippen LogP contribution in [-0.2, 0) is 10.3 Å². The minimum absolute atomic E-state index is 0.175. The molecular weight excluding hydrogens is 264 g/mol. The van der Waals surface area contributed by atoms with Crippen LogP contribution in [0.5, 0.6) is 0 Å². The van der Waals surface area contributed by atoms with Crippen LogP contribution in [0.1, 0.15) is 19.5 Å². The highest BCUT2D eigenvalue weighted by atomic mass is 16.2. The number of imidazole rings is 1. The quantitative estimate of drug-likeness (QED) is 0.889. The lowest BCUT2D eigenvalue weighted by atomic mass is 10.0. The highest BCUT2D eigenvalue weighted by Gasteiger charge is 2.57. The Morgan fingerprint density at radius 2 is 2.14 bits per heavy atom. The molecule has 1 unspecified atom stereocenters. The van der Waals surface area contributed by atoms with Crippen LogP contribution in [0.2, 0.25) is 0 Å². The summed E-state index contributed by atoms with van der Waals surface area (Å²) < 4.78 is 1.99. The smallest absolute Gasteiger partial charge is 0.224 e. The van der Waals surface area contributed by atoms with Crippen LogP contribution in [0.15, 0.2) is 30.6 Å². The van der Waals surface area contributed by atoms with E-state index in [0.29, 0.717) is 11.8 Å². The zero-order valence-electron chi connectivity index (χ0n) is 12.3. The highest BCUT2D eigenvalue weighted by molar-refractivity contribution is 5.83. The molecule has 0 bridgehead atoms. The van der Waals surface area contributed by atoms with Gasteiger partial charge in [-0.25, -0.2) is 4.98 Å². The molecule has 2 fully saturated rings. The number of piperidine rings is 1. The summed E-state index contributed by atoms with van der Waals surface area (Å²) in [5.74, 6) is 1.46. The molecule has 3 atom stereocenters. The van der Waals surface area contributed by atoms with Gasteiger partial charge in [-0.2, -0.15) is 0 Å². The molecule has 0 aromatic carbocycles. The van der Waals surface area contributed by atoms with Crippen LogP contribution in [-0.4, -0.2) is 28.4 Å². The van der Waals surface area contributed by atoms with Gasteiger partial charge in [0.05, 0.1) is 11.2 Å². The number of nitrogens with zero attached hydrogens (tertiary/aromatic N) is 2. The molecule has 3 heterocycles. The third kappa shape index (κ3) is 2.03. The van der Waals surface area contributed by atoms with Gasteiger partial charge < -0.3 is 15.0 Å². The number of amides is 1. The van der Waals surface area contributed by atoms with Crippen molar-refractivity contribution < 1.29 is 4.79 Å². The summed E-state index contributed by atoms with van der Waals surface area (Å²) in [7, 11) is 0. The van der Waals surface area contributed by atoms with Crippen LogP contribution in [0.3, 0.4) is 0 Å². The van der Waals surface area contributed by atoms with Gasteiger partial charge in [-0.15, -0.1) is 0 Å². The van der Waals surface area contributed by atoms with E-state index in [2.05, 4.69) is 15.6 Å². The number of carbonyl (C=O) groups excluding carboxylic acids is 1. The molecule has 2 N–H and O–H groups in total. The van der Waals surface area contributed by atoms with Crippen LogP contribution in [0.4, 0.5) is 0 Å². The van der Waals surface area contributed by atoms with E-state index in [1.165, 1.54) is 0 Å². The first-order chi connectivity index (χ1) is 10.1. The van der Waals surface area contributed by atoms with E-state index in [0.717, 1.165) is 24.4 Å². The number of nitrogens with one attached hydrogen (secondary N) is 2. The largest absolute Gasteiger partial charge is 0.345 e. The molecule has 1 amide bonds. The molecule has 1 aliphatic heterocycles. The topological polar surface area (TPSA) is 58.4 Å². The molecule has 2 aliphatic rings. The van der Waals surface area contributed by atoms with Crippen LogP contribution < -0.4 is 10.6 Å². The Bertz CT molecular complexity index is 662. The Kier molecular flexibility index (Phi) is 2.63. The summed E-state index contributed by atoms with van der Waals surface area (Å²) in [6, 6.07) is 5.91. The maximum absolute atomic E-state index is 12.4. The van der Waals surface area contributed by atoms with E-state index < -0.39 is 5.54 Å². The van der Waals surface area contributed by atoms with Crippen molar-refractivity contribution in [1.82, 2.24) is 20.0 Å². The molecule has 5 heteroatoms. The maximum atomic E-state index is 12.4. The van der Waals surface area contributed by atoms with Crippen molar-refractivity contribution in [3.05, 3.63) is 36.3 Å². The molecule has 2 aromatic rings. The van der Waals surface area contributed by atoms with Crippen molar-refractivity contribution in [3.63, 3.8) is 0 Å². The number of hydrogen-bond acceptors (Lipinski definition) is 3. The van der Waals surface area contributed by atoms with Gasteiger partial charge in [0.25, 0.3) is 0 Å². The summed E-state index contributed by atoms with van der Waals surface area (Å²) >= 11 is 0. The van der Waals surface area contributed by atoms with Gasteiger partial charge >= 0.3 is 0 Å². The van der Waals surface area contributed by atoms with E-state index in [1.807, 2.05) is 48.8 Å². The lowest BCUT2D eigenvalue weighted by Crippen LogP contribution is -2.43. The first-order valence-corrected chi connectivity index (χ1v) is 7.53. The molecule has 5 nitrogen and oxygen atoms in total. The SMILES string of the molecule is CC(C)(NC(=O)C1[C@H]2CNC[C@@H]12)c1cn2ccccc2n1. The summed E-state index contributed by atoms with van der Waals surface area (Å²) in [6.07, 6.45) is 3.96. The van der Waals surface area contributed by atoms with Gasteiger partial charge in [-0.1, -0.05) is 6.07 Å². The lowest BCUT2D eigenvalue weighted by molar-refractivity contribution is -0.124. The van der Waals surface area contributed by atoms with E-state index in [-0.39, 0.29) is 11.8 Å². The number of carbonyl (C=O) groups is 1. The van der Waals surface area contributed by atoms with E-state index in [4.69, 9.17) is 0 Å². The minimum Gasteiger partial charge on any atom is -0.345 e. The van der Waals surface area contributed by atoms with E-state index >= 15 is 0 Å². The number of aromatic nitrogens is 2. The molecule has 21 heavy (non-hydrogen) atoms. The molecule has 1 aliphatic carbocycles. The van der Waals surface area contributed by atoms with Gasteiger partial charge in [0, 0.05) is 18.3 Å². The fourth-order valence-corrected chi connectivity index (χ4v) is 3.50. The third-order valence-corrected chi connectivity index (χ3v) is 4.83. The van der Waals surface area contributed by atoms with Crippen molar-refractivity contribution >= 4 is 11.6 Å². The first-order valence-electron chi connectivity index (χ1n) is 7.53. The number of rotatable bonds is 3. The fraction of sp³-hybridized carbons (Fsp3) is 0.500. The van der Waals surface area contributed by atoms with E-state index in [1.54, 1.807) is 0 Å². The second-order valence-corrected chi connectivity index (χ2v) is 6.72. The summed E-state index contributed by atoms with van der Waals surface area (Å²) in [6.45, 7) is 6.00. The molecule has 110 valence electrons. The van der Waals surface area contributed by atoms with Gasteiger partial charge in [0.1, 0.15) is 5.65 Å². The highest BCUT2D eigenvalue weighted by Crippen LogP contribution is 2.49. The number of pyridine rings is 1. The van der Waals surface area contributed by atoms with Gasteiger partial charge in [0.15, 0.2) is 0 Å². The first kappa shape index (κ1) is 12.8. The second-order valence-electron chi connectivity index (χ2n) is 6.72. The lowest BCUT2D eigenvalue weighted by Gasteiger charge is -2.24. The monoisotopic (exact) mass is 284 g/mol. The average Bonchev–Trinajstić information content (AvgIpc) is 2.82. The minimum atomic E-state index is -0.451. The predicted octanol–water partition coefficient (Wildman–Crippen LogP) is 1.15. The van der Waals surface area contributed by atoms with Crippen molar-refractivity contribution in [2.24, 2.45) is 17.8 Å². The summed E-state index contributed by atoms with van der Waals surface area (Å²) in [5.41, 5.74) is 1.35.